The summed E-state index contributed by atoms with van der Waals surface area (Å²) in [5.74, 6) is 2.46. The predicted molar refractivity (Wildman–Crippen MR) is 120 cm³/mol. The molecule has 0 spiro atoms. The number of carbonyl (C=O) groups excluding carboxylic acids is 1. The highest BCUT2D eigenvalue weighted by Crippen LogP contribution is 2.27. The van der Waals surface area contributed by atoms with E-state index < -0.39 is 0 Å². The van der Waals surface area contributed by atoms with Crippen LogP contribution in [-0.2, 0) is 4.79 Å². The van der Waals surface area contributed by atoms with Crippen LogP contribution in [0.2, 0.25) is 0 Å². The van der Waals surface area contributed by atoms with Crippen LogP contribution in [0.1, 0.15) is 56.3 Å². The van der Waals surface area contributed by atoms with Gasteiger partial charge in [0.15, 0.2) is 5.82 Å². The van der Waals surface area contributed by atoms with Gasteiger partial charge >= 0.3 is 0 Å². The van der Waals surface area contributed by atoms with Crippen LogP contribution < -0.4 is 10.1 Å². The van der Waals surface area contributed by atoms with Crippen molar-refractivity contribution in [2.75, 3.05) is 5.32 Å². The number of hydrogen-bond acceptors (Lipinski definition) is 5. The van der Waals surface area contributed by atoms with E-state index in [4.69, 9.17) is 4.74 Å². The summed E-state index contributed by atoms with van der Waals surface area (Å²) >= 11 is 0. The van der Waals surface area contributed by atoms with Crippen LogP contribution in [0.15, 0.2) is 42.5 Å². The maximum absolute atomic E-state index is 12.2. The van der Waals surface area contributed by atoms with Gasteiger partial charge in [-0.25, -0.2) is 4.68 Å². The van der Waals surface area contributed by atoms with E-state index in [1.54, 1.807) is 10.7 Å². The van der Waals surface area contributed by atoms with Crippen molar-refractivity contribution in [3.8, 4) is 17.4 Å². The number of benzene rings is 1. The number of rotatable bonds is 7. The normalized spacial score (nSPS) is 14.4. The number of nitrogens with zero attached hydrogens (tertiary/aromatic N) is 4. The summed E-state index contributed by atoms with van der Waals surface area (Å²) in [7, 11) is 0. The molecule has 1 amide bonds. The monoisotopic (exact) mass is 419 g/mol. The highest BCUT2D eigenvalue weighted by atomic mass is 16.5. The quantitative estimate of drug-likeness (QED) is 0.557. The lowest BCUT2D eigenvalue weighted by atomic mass is 9.86. The third-order valence-corrected chi connectivity index (χ3v) is 5.72. The smallest absolute Gasteiger partial charge is 0.238 e. The zero-order valence-corrected chi connectivity index (χ0v) is 18.2. The molecule has 1 saturated carbocycles. The first-order chi connectivity index (χ1) is 15.1. The molecule has 0 saturated heterocycles. The third-order valence-electron chi connectivity index (χ3n) is 5.72. The van der Waals surface area contributed by atoms with Gasteiger partial charge in [0.2, 0.25) is 11.8 Å². The van der Waals surface area contributed by atoms with Crippen LogP contribution in [0.25, 0.3) is 5.82 Å². The van der Waals surface area contributed by atoms with Crippen molar-refractivity contribution in [2.45, 2.75) is 58.8 Å². The van der Waals surface area contributed by atoms with Gasteiger partial charge in [0, 0.05) is 23.9 Å². The summed E-state index contributed by atoms with van der Waals surface area (Å²) in [4.78, 5) is 12.2. The van der Waals surface area contributed by atoms with Gasteiger partial charge in [0.25, 0.3) is 0 Å². The molecule has 0 unspecified atom stereocenters. The largest absolute Gasteiger partial charge is 0.438 e. The average Bonchev–Trinajstić information content (AvgIpc) is 3.13. The van der Waals surface area contributed by atoms with Crippen LogP contribution in [0, 0.1) is 19.8 Å². The van der Waals surface area contributed by atoms with Crippen molar-refractivity contribution < 1.29 is 9.53 Å². The Morgan fingerprint density at radius 2 is 1.84 bits per heavy atom. The Bertz CT molecular complexity index is 1010. The Hall–Kier alpha value is -3.22. The fourth-order valence-electron chi connectivity index (χ4n) is 4.10. The van der Waals surface area contributed by atoms with Crippen molar-refractivity contribution in [2.24, 2.45) is 5.92 Å². The molecule has 1 aliphatic carbocycles. The summed E-state index contributed by atoms with van der Waals surface area (Å²) in [6, 6.07) is 12.9. The summed E-state index contributed by atoms with van der Waals surface area (Å²) in [5.41, 5.74) is 2.70. The zero-order chi connectivity index (χ0) is 21.6. The van der Waals surface area contributed by atoms with E-state index >= 15 is 0 Å². The molecule has 1 aromatic carbocycles. The van der Waals surface area contributed by atoms with Crippen molar-refractivity contribution >= 4 is 11.6 Å². The number of hydrogen-bond donors (Lipinski definition) is 1. The molecule has 4 rings (SSSR count). The lowest BCUT2D eigenvalue weighted by Crippen LogP contribution is -2.14. The van der Waals surface area contributed by atoms with Crippen LogP contribution >= 0.6 is 0 Å². The molecule has 1 N–H and O–H groups in total. The van der Waals surface area contributed by atoms with E-state index in [0.29, 0.717) is 29.8 Å². The standard InChI is InChI=1S/C24H29N5O2/c1-17-16-18(2)29(28-17)22-13-15-24(27-26-22)31-21-11-9-20(10-12-21)25-23(30)14-8-19-6-4-3-5-7-19/h9-13,15-16,19H,3-8,14H2,1-2H3,(H,25,30). The highest BCUT2D eigenvalue weighted by Gasteiger charge is 2.15. The summed E-state index contributed by atoms with van der Waals surface area (Å²) in [6.45, 7) is 3.92. The Morgan fingerprint density at radius 3 is 2.48 bits per heavy atom. The van der Waals surface area contributed by atoms with Gasteiger partial charge in [-0.1, -0.05) is 32.1 Å². The molecule has 0 radical (unpaired) electrons. The van der Waals surface area contributed by atoms with Crippen molar-refractivity contribution in [3.63, 3.8) is 0 Å². The second kappa shape index (κ2) is 9.73. The molecule has 0 bridgehead atoms. The van der Waals surface area contributed by atoms with E-state index in [1.807, 2.05) is 50.2 Å². The topological polar surface area (TPSA) is 81.9 Å². The Labute approximate surface area is 182 Å². The van der Waals surface area contributed by atoms with Gasteiger partial charge in [-0.3, -0.25) is 4.79 Å². The fourth-order valence-corrected chi connectivity index (χ4v) is 4.10. The van der Waals surface area contributed by atoms with Gasteiger partial charge in [-0.2, -0.15) is 5.10 Å². The predicted octanol–water partition coefficient (Wildman–Crippen LogP) is 5.37. The molecule has 1 fully saturated rings. The van der Waals surface area contributed by atoms with E-state index in [9.17, 15) is 4.79 Å². The maximum Gasteiger partial charge on any atom is 0.238 e. The molecule has 2 heterocycles. The Balaban J connectivity index is 1.29. The maximum atomic E-state index is 12.2. The Morgan fingerprint density at radius 1 is 1.06 bits per heavy atom. The summed E-state index contributed by atoms with van der Waals surface area (Å²) in [6.07, 6.45) is 8.07. The molecule has 2 aromatic heterocycles. The van der Waals surface area contributed by atoms with Gasteiger partial charge in [-0.05, 0) is 62.6 Å². The van der Waals surface area contributed by atoms with Crippen LogP contribution in [-0.4, -0.2) is 25.9 Å². The highest BCUT2D eigenvalue weighted by molar-refractivity contribution is 5.90. The van der Waals surface area contributed by atoms with Crippen LogP contribution in [0.5, 0.6) is 11.6 Å². The van der Waals surface area contributed by atoms with Crippen molar-refractivity contribution in [1.82, 2.24) is 20.0 Å². The van der Waals surface area contributed by atoms with E-state index in [1.165, 1.54) is 32.1 Å². The summed E-state index contributed by atoms with van der Waals surface area (Å²) in [5, 5.41) is 15.7. The first kappa shape index (κ1) is 21.0. The fraction of sp³-hybridized carbons (Fsp3) is 0.417. The zero-order valence-electron chi connectivity index (χ0n) is 18.2. The van der Waals surface area contributed by atoms with E-state index in [-0.39, 0.29) is 5.91 Å². The first-order valence-electron chi connectivity index (χ1n) is 11.0. The molecule has 1 aliphatic rings. The van der Waals surface area contributed by atoms with Crippen LogP contribution in [0.4, 0.5) is 5.69 Å². The van der Waals surface area contributed by atoms with Crippen LogP contribution in [0.3, 0.4) is 0 Å². The second-order valence-electron chi connectivity index (χ2n) is 8.29. The first-order valence-corrected chi connectivity index (χ1v) is 11.0. The Kier molecular flexibility index (Phi) is 6.60. The van der Waals surface area contributed by atoms with E-state index in [2.05, 4.69) is 20.6 Å². The molecular formula is C24H29N5O2. The number of nitrogens with one attached hydrogen (secondary N) is 1. The molecule has 162 valence electrons. The number of aromatic nitrogens is 4. The average molecular weight is 420 g/mol. The minimum atomic E-state index is 0.0739. The molecule has 0 atom stereocenters. The third kappa shape index (κ3) is 5.69. The lowest BCUT2D eigenvalue weighted by molar-refractivity contribution is -0.116. The minimum absolute atomic E-state index is 0.0739. The molecule has 7 heteroatoms. The number of ether oxygens (including phenoxy) is 1. The van der Waals surface area contributed by atoms with Crippen molar-refractivity contribution in [3.05, 3.63) is 53.9 Å². The van der Waals surface area contributed by atoms with Gasteiger partial charge in [-0.15, -0.1) is 10.2 Å². The number of anilines is 1. The number of amides is 1. The SMILES string of the molecule is Cc1cc(C)n(-c2ccc(Oc3ccc(NC(=O)CCC4CCCCC4)cc3)nn2)n1. The number of aryl methyl sites for hydroxylation is 2. The molecular weight excluding hydrogens is 390 g/mol. The minimum Gasteiger partial charge on any atom is -0.438 e. The molecule has 0 aliphatic heterocycles. The molecule has 3 aromatic rings. The van der Waals surface area contributed by atoms with E-state index in [0.717, 1.165) is 23.5 Å². The van der Waals surface area contributed by atoms with Gasteiger partial charge < -0.3 is 10.1 Å². The lowest BCUT2D eigenvalue weighted by Gasteiger charge is -2.21. The molecule has 7 nitrogen and oxygen atoms in total. The second-order valence-corrected chi connectivity index (χ2v) is 8.29. The molecule has 31 heavy (non-hydrogen) atoms. The van der Waals surface area contributed by atoms with Gasteiger partial charge in [0.05, 0.1) is 5.69 Å². The summed E-state index contributed by atoms with van der Waals surface area (Å²) < 4.78 is 7.52. The number of carbonyl (C=O) groups is 1. The van der Waals surface area contributed by atoms with Crippen molar-refractivity contribution in [1.29, 1.82) is 0 Å². The van der Waals surface area contributed by atoms with Gasteiger partial charge in [0.1, 0.15) is 5.75 Å².